The van der Waals surface area contributed by atoms with Crippen LogP contribution >= 0.6 is 22.9 Å². The van der Waals surface area contributed by atoms with Crippen molar-refractivity contribution < 1.29 is 4.74 Å². The Bertz CT molecular complexity index is 363. The molecule has 0 amide bonds. The summed E-state index contributed by atoms with van der Waals surface area (Å²) >= 11 is 7.65. The number of nitrogens with zero attached hydrogens (tertiary/aromatic N) is 2. The van der Waals surface area contributed by atoms with E-state index in [4.69, 9.17) is 16.3 Å². The zero-order valence-electron chi connectivity index (χ0n) is 10.6. The highest BCUT2D eigenvalue weighted by atomic mass is 35.5. The molecule has 1 aliphatic rings. The lowest BCUT2D eigenvalue weighted by Crippen LogP contribution is -2.48. The van der Waals surface area contributed by atoms with Crippen LogP contribution in [0.1, 0.15) is 22.5 Å². The van der Waals surface area contributed by atoms with Crippen LogP contribution < -0.4 is 0 Å². The summed E-state index contributed by atoms with van der Waals surface area (Å²) in [5, 5.41) is 1.20. The quantitative estimate of drug-likeness (QED) is 0.793. The van der Waals surface area contributed by atoms with Gasteiger partial charge in [-0.25, -0.2) is 4.98 Å². The molecule has 3 nitrogen and oxygen atoms in total. The van der Waals surface area contributed by atoms with Gasteiger partial charge in [-0.3, -0.25) is 4.90 Å². The zero-order valence-corrected chi connectivity index (χ0v) is 12.1. The fourth-order valence-electron chi connectivity index (χ4n) is 1.97. The molecule has 2 heterocycles. The van der Waals surface area contributed by atoms with E-state index < -0.39 is 0 Å². The molecule has 0 aliphatic carbocycles. The van der Waals surface area contributed by atoms with E-state index in [1.807, 2.05) is 0 Å². The van der Waals surface area contributed by atoms with Gasteiger partial charge in [-0.05, 0) is 20.8 Å². The first kappa shape index (κ1) is 13.3. The minimum atomic E-state index is 0.162. The number of ether oxygens (including phenoxy) is 1. The van der Waals surface area contributed by atoms with Gasteiger partial charge >= 0.3 is 0 Å². The number of aromatic nitrogens is 1. The molecule has 0 aromatic carbocycles. The van der Waals surface area contributed by atoms with Gasteiger partial charge in [0.15, 0.2) is 0 Å². The van der Waals surface area contributed by atoms with Crippen LogP contribution in [0.2, 0.25) is 0 Å². The molecule has 0 spiro atoms. The normalized spacial score (nSPS) is 26.4. The lowest BCUT2D eigenvalue weighted by Gasteiger charge is -2.36. The summed E-state index contributed by atoms with van der Waals surface area (Å²) < 4.78 is 5.65. The average Bonchev–Trinajstić information content (AvgIpc) is 2.61. The maximum Gasteiger partial charge on any atom is 0.107 e. The number of aryl methyl sites for hydroxylation is 2. The maximum absolute atomic E-state index is 5.86. The highest BCUT2D eigenvalue weighted by Gasteiger charge is 2.26. The predicted molar refractivity (Wildman–Crippen MR) is 71.9 cm³/mol. The van der Waals surface area contributed by atoms with Crippen LogP contribution in [0.25, 0.3) is 0 Å². The number of thiazole rings is 1. The lowest BCUT2D eigenvalue weighted by molar-refractivity contribution is -0.0510. The third kappa shape index (κ3) is 3.19. The third-order valence-corrected chi connectivity index (χ3v) is 4.62. The molecule has 1 aromatic rings. The lowest BCUT2D eigenvalue weighted by atomic mass is 10.2. The van der Waals surface area contributed by atoms with Gasteiger partial charge < -0.3 is 4.74 Å². The molecular weight excluding hydrogens is 256 g/mol. The summed E-state index contributed by atoms with van der Waals surface area (Å²) in [6, 6.07) is 0.443. The van der Waals surface area contributed by atoms with Crippen molar-refractivity contribution in [1.82, 2.24) is 9.88 Å². The first-order valence-corrected chi connectivity index (χ1v) is 7.29. The molecule has 96 valence electrons. The van der Waals surface area contributed by atoms with E-state index in [1.54, 1.807) is 11.3 Å². The summed E-state index contributed by atoms with van der Waals surface area (Å²) in [4.78, 5) is 8.32. The molecule has 1 fully saturated rings. The highest BCUT2D eigenvalue weighted by Crippen LogP contribution is 2.21. The molecule has 1 aromatic heterocycles. The van der Waals surface area contributed by atoms with Crippen LogP contribution in [0.15, 0.2) is 0 Å². The number of halogens is 1. The van der Waals surface area contributed by atoms with E-state index in [9.17, 15) is 0 Å². The summed E-state index contributed by atoms with van der Waals surface area (Å²) in [6.07, 6.45) is 0.162. The van der Waals surface area contributed by atoms with Gasteiger partial charge in [-0.15, -0.1) is 22.9 Å². The van der Waals surface area contributed by atoms with Crippen molar-refractivity contribution in [2.75, 3.05) is 19.0 Å². The van der Waals surface area contributed by atoms with Gasteiger partial charge in [0.2, 0.25) is 0 Å². The van der Waals surface area contributed by atoms with Crippen LogP contribution in [0.4, 0.5) is 0 Å². The molecule has 17 heavy (non-hydrogen) atoms. The van der Waals surface area contributed by atoms with Crippen LogP contribution in [-0.4, -0.2) is 41.1 Å². The minimum absolute atomic E-state index is 0.162. The largest absolute Gasteiger partial charge is 0.374 e. The number of hydrogen-bond donors (Lipinski definition) is 0. The number of morpholine rings is 1. The van der Waals surface area contributed by atoms with E-state index in [0.29, 0.717) is 11.9 Å². The van der Waals surface area contributed by atoms with Crippen LogP contribution in [0.3, 0.4) is 0 Å². The monoisotopic (exact) mass is 274 g/mol. The second-order valence-corrected chi connectivity index (χ2v) is 6.23. The Hall–Kier alpha value is -0.160. The van der Waals surface area contributed by atoms with Gasteiger partial charge in [0.05, 0.1) is 24.9 Å². The Morgan fingerprint density at radius 2 is 2.29 bits per heavy atom. The Labute approximate surface area is 112 Å². The first-order chi connectivity index (χ1) is 8.10. The van der Waals surface area contributed by atoms with Gasteiger partial charge in [0, 0.05) is 23.3 Å². The molecule has 0 saturated carbocycles. The van der Waals surface area contributed by atoms with Crippen molar-refractivity contribution >= 4 is 22.9 Å². The zero-order chi connectivity index (χ0) is 12.4. The summed E-state index contributed by atoms with van der Waals surface area (Å²) in [5.41, 5.74) is 1.15. The molecule has 2 rings (SSSR count). The standard InChI is InChI=1S/C12H19ClN2OS/c1-8-7-16-11(4-13)5-15(8)6-12-14-9(2)10(3)17-12/h8,11H,4-7H2,1-3H3. The fourth-order valence-corrected chi connectivity index (χ4v) is 3.12. The van der Waals surface area contributed by atoms with Gasteiger partial charge in [0.25, 0.3) is 0 Å². The van der Waals surface area contributed by atoms with E-state index >= 15 is 0 Å². The third-order valence-electron chi connectivity index (χ3n) is 3.22. The smallest absolute Gasteiger partial charge is 0.107 e. The Balaban J connectivity index is 2.01. The molecule has 0 radical (unpaired) electrons. The van der Waals surface area contributed by atoms with Crippen molar-refractivity contribution in [3.63, 3.8) is 0 Å². The molecule has 1 saturated heterocycles. The molecule has 0 bridgehead atoms. The molecule has 0 N–H and O–H groups in total. The van der Waals surface area contributed by atoms with Gasteiger partial charge in [-0.1, -0.05) is 0 Å². The van der Waals surface area contributed by atoms with E-state index in [-0.39, 0.29) is 6.10 Å². The maximum atomic E-state index is 5.86. The molecule has 2 atom stereocenters. The number of rotatable bonds is 3. The van der Waals surface area contributed by atoms with E-state index in [1.165, 1.54) is 9.88 Å². The van der Waals surface area contributed by atoms with E-state index in [2.05, 4.69) is 30.7 Å². The Morgan fingerprint density at radius 3 is 2.88 bits per heavy atom. The molecule has 2 unspecified atom stereocenters. The van der Waals surface area contributed by atoms with E-state index in [0.717, 1.165) is 25.4 Å². The van der Waals surface area contributed by atoms with Crippen molar-refractivity contribution in [2.24, 2.45) is 0 Å². The molecule has 5 heteroatoms. The Kier molecular flexibility index (Phi) is 4.42. The minimum Gasteiger partial charge on any atom is -0.374 e. The summed E-state index contributed by atoms with van der Waals surface area (Å²) in [6.45, 7) is 8.97. The van der Waals surface area contributed by atoms with Gasteiger partial charge in [0.1, 0.15) is 5.01 Å². The van der Waals surface area contributed by atoms with Crippen molar-refractivity contribution in [2.45, 2.75) is 39.5 Å². The second-order valence-electron chi connectivity index (χ2n) is 4.64. The average molecular weight is 275 g/mol. The first-order valence-electron chi connectivity index (χ1n) is 5.94. The number of hydrogen-bond acceptors (Lipinski definition) is 4. The van der Waals surface area contributed by atoms with Crippen molar-refractivity contribution in [3.8, 4) is 0 Å². The molecular formula is C12H19ClN2OS. The topological polar surface area (TPSA) is 25.4 Å². The molecule has 1 aliphatic heterocycles. The van der Waals surface area contributed by atoms with Crippen LogP contribution in [0, 0.1) is 13.8 Å². The SMILES string of the molecule is Cc1nc(CN2CC(CCl)OCC2C)sc1C. The fraction of sp³-hybridized carbons (Fsp3) is 0.750. The Morgan fingerprint density at radius 1 is 1.53 bits per heavy atom. The highest BCUT2D eigenvalue weighted by molar-refractivity contribution is 7.11. The van der Waals surface area contributed by atoms with Crippen molar-refractivity contribution in [3.05, 3.63) is 15.6 Å². The summed E-state index contributed by atoms with van der Waals surface area (Å²) in [5.74, 6) is 0.569. The van der Waals surface area contributed by atoms with Gasteiger partial charge in [-0.2, -0.15) is 0 Å². The van der Waals surface area contributed by atoms with Crippen LogP contribution in [0.5, 0.6) is 0 Å². The summed E-state index contributed by atoms with van der Waals surface area (Å²) in [7, 11) is 0. The second kappa shape index (κ2) is 5.65. The van der Waals surface area contributed by atoms with Crippen LogP contribution in [-0.2, 0) is 11.3 Å². The predicted octanol–water partition coefficient (Wildman–Crippen LogP) is 2.59. The number of alkyl halides is 1. The van der Waals surface area contributed by atoms with Crippen molar-refractivity contribution in [1.29, 1.82) is 0 Å².